The van der Waals surface area contributed by atoms with E-state index in [0.29, 0.717) is 15.5 Å². The summed E-state index contributed by atoms with van der Waals surface area (Å²) in [7, 11) is 3.96. The Morgan fingerprint density at radius 1 is 1.33 bits per heavy atom. The van der Waals surface area contributed by atoms with Crippen LogP contribution in [0.2, 0.25) is 0 Å². The quantitative estimate of drug-likeness (QED) is 0.717. The lowest BCUT2D eigenvalue weighted by molar-refractivity contribution is 0.693. The molecule has 0 aromatic carbocycles. The van der Waals surface area contributed by atoms with E-state index < -0.39 is 0 Å². The Bertz CT molecular complexity index is 156. The summed E-state index contributed by atoms with van der Waals surface area (Å²) in [5, 5.41) is 0. The summed E-state index contributed by atoms with van der Waals surface area (Å²) in [6.07, 6.45) is 2.61. The fourth-order valence-electron chi connectivity index (χ4n) is 0.946. The van der Waals surface area contributed by atoms with E-state index in [0.717, 1.165) is 0 Å². The first kappa shape index (κ1) is 10.7. The van der Waals surface area contributed by atoms with Crippen LogP contribution in [-0.4, -0.2) is 15.5 Å². The molecule has 0 aromatic heterocycles. The molecule has 2 N–H and O–H groups in total. The fraction of sp³-hybridized carbons (Fsp3) is 1.00. The number of rotatable bonds is 3. The predicted octanol–water partition coefficient (Wildman–Crippen LogP) is 3.05. The van der Waals surface area contributed by atoms with Crippen LogP contribution in [0.4, 0.5) is 0 Å². The van der Waals surface area contributed by atoms with Crippen molar-refractivity contribution in [2.75, 3.05) is 0 Å². The standard InChI is InChI=1S/C9H19NS2/c1-7(10)9(5-6-9)12-11-8(2,3)4/h7H,5-6,10H2,1-4H3. The van der Waals surface area contributed by atoms with Crippen molar-refractivity contribution in [3.63, 3.8) is 0 Å². The van der Waals surface area contributed by atoms with Gasteiger partial charge in [-0.1, -0.05) is 42.4 Å². The zero-order valence-electron chi connectivity index (χ0n) is 8.39. The average molecular weight is 205 g/mol. The lowest BCUT2D eigenvalue weighted by atomic mass is 10.2. The van der Waals surface area contributed by atoms with Crippen molar-refractivity contribution in [3.05, 3.63) is 0 Å². The van der Waals surface area contributed by atoms with Crippen LogP contribution < -0.4 is 5.73 Å². The molecular formula is C9H19NS2. The van der Waals surface area contributed by atoms with Gasteiger partial charge in [-0.25, -0.2) is 0 Å². The lowest BCUT2D eigenvalue weighted by Crippen LogP contribution is -2.30. The highest BCUT2D eigenvalue weighted by Crippen LogP contribution is 2.57. The Labute approximate surface area is 83.6 Å². The van der Waals surface area contributed by atoms with Crippen LogP contribution in [0.3, 0.4) is 0 Å². The van der Waals surface area contributed by atoms with Crippen LogP contribution in [-0.2, 0) is 0 Å². The van der Waals surface area contributed by atoms with E-state index in [1.165, 1.54) is 12.8 Å². The van der Waals surface area contributed by atoms with E-state index in [4.69, 9.17) is 5.73 Å². The molecule has 1 unspecified atom stereocenters. The molecule has 3 heteroatoms. The molecule has 0 aromatic rings. The molecule has 1 rings (SSSR count). The van der Waals surface area contributed by atoms with Crippen molar-refractivity contribution < 1.29 is 0 Å². The maximum atomic E-state index is 5.93. The highest BCUT2D eigenvalue weighted by atomic mass is 33.1. The Hall–Kier alpha value is 0.660. The zero-order valence-corrected chi connectivity index (χ0v) is 10.0. The van der Waals surface area contributed by atoms with Crippen molar-refractivity contribution in [1.82, 2.24) is 0 Å². The second-order valence-corrected chi connectivity index (χ2v) is 8.00. The van der Waals surface area contributed by atoms with Gasteiger partial charge < -0.3 is 5.73 Å². The Morgan fingerprint density at radius 3 is 2.08 bits per heavy atom. The van der Waals surface area contributed by atoms with Gasteiger partial charge in [0.1, 0.15) is 0 Å². The largest absolute Gasteiger partial charge is 0.327 e. The molecule has 1 aliphatic carbocycles. The maximum Gasteiger partial charge on any atom is 0.0412 e. The van der Waals surface area contributed by atoms with Crippen LogP contribution in [0.15, 0.2) is 0 Å². The summed E-state index contributed by atoms with van der Waals surface area (Å²) in [6, 6.07) is 0.345. The fourth-order valence-corrected chi connectivity index (χ4v) is 3.99. The summed E-state index contributed by atoms with van der Waals surface area (Å²) in [5.74, 6) is 0. The van der Waals surface area contributed by atoms with Crippen molar-refractivity contribution in [1.29, 1.82) is 0 Å². The van der Waals surface area contributed by atoms with E-state index in [9.17, 15) is 0 Å². The van der Waals surface area contributed by atoms with Gasteiger partial charge in [0.05, 0.1) is 0 Å². The highest BCUT2D eigenvalue weighted by Gasteiger charge is 2.47. The van der Waals surface area contributed by atoms with Gasteiger partial charge in [-0.3, -0.25) is 0 Å². The molecule has 12 heavy (non-hydrogen) atoms. The third-order valence-electron chi connectivity index (χ3n) is 2.03. The number of hydrogen-bond donors (Lipinski definition) is 1. The molecule has 1 saturated carbocycles. The monoisotopic (exact) mass is 205 g/mol. The SMILES string of the molecule is CC(N)C1(SSC(C)(C)C)CC1. The molecule has 1 fully saturated rings. The van der Waals surface area contributed by atoms with Gasteiger partial charge in [-0.2, -0.15) is 0 Å². The average Bonchev–Trinajstić information content (AvgIpc) is 2.61. The molecular weight excluding hydrogens is 186 g/mol. The molecule has 0 spiro atoms. The topological polar surface area (TPSA) is 26.0 Å². The van der Waals surface area contributed by atoms with Gasteiger partial charge in [-0.15, -0.1) is 0 Å². The normalized spacial score (nSPS) is 23.8. The third kappa shape index (κ3) is 2.86. The lowest BCUT2D eigenvalue weighted by Gasteiger charge is -2.23. The number of hydrogen-bond acceptors (Lipinski definition) is 3. The minimum absolute atomic E-state index is 0.345. The van der Waals surface area contributed by atoms with Crippen LogP contribution in [0.5, 0.6) is 0 Å². The van der Waals surface area contributed by atoms with E-state index in [-0.39, 0.29) is 0 Å². The van der Waals surface area contributed by atoms with Gasteiger partial charge >= 0.3 is 0 Å². The first-order valence-electron chi connectivity index (χ1n) is 4.48. The first-order valence-corrected chi connectivity index (χ1v) is 6.63. The Kier molecular flexibility index (Phi) is 3.07. The van der Waals surface area contributed by atoms with Crippen molar-refractivity contribution in [3.8, 4) is 0 Å². The van der Waals surface area contributed by atoms with E-state index >= 15 is 0 Å². The van der Waals surface area contributed by atoms with E-state index in [2.05, 4.69) is 27.7 Å². The molecule has 0 heterocycles. The smallest absolute Gasteiger partial charge is 0.0412 e. The highest BCUT2D eigenvalue weighted by molar-refractivity contribution is 8.77. The van der Waals surface area contributed by atoms with E-state index in [1.54, 1.807) is 0 Å². The zero-order chi connectivity index (χ0) is 9.41. The molecule has 0 aliphatic heterocycles. The summed E-state index contributed by atoms with van der Waals surface area (Å²) in [4.78, 5) is 0. The molecule has 1 nitrogen and oxygen atoms in total. The third-order valence-corrected chi connectivity index (χ3v) is 6.47. The minimum atomic E-state index is 0.345. The van der Waals surface area contributed by atoms with Crippen LogP contribution in [0.1, 0.15) is 40.5 Å². The molecule has 0 bridgehead atoms. The predicted molar refractivity (Wildman–Crippen MR) is 60.5 cm³/mol. The molecule has 0 radical (unpaired) electrons. The van der Waals surface area contributed by atoms with Gasteiger partial charge in [0.25, 0.3) is 0 Å². The molecule has 1 atom stereocenters. The van der Waals surface area contributed by atoms with Crippen molar-refractivity contribution in [2.24, 2.45) is 5.73 Å². The first-order chi connectivity index (χ1) is 5.36. The van der Waals surface area contributed by atoms with Crippen LogP contribution in [0.25, 0.3) is 0 Å². The minimum Gasteiger partial charge on any atom is -0.327 e. The number of nitrogens with two attached hydrogens (primary N) is 1. The van der Waals surface area contributed by atoms with Crippen molar-refractivity contribution in [2.45, 2.75) is 56.1 Å². The van der Waals surface area contributed by atoms with Gasteiger partial charge in [0.2, 0.25) is 0 Å². The summed E-state index contributed by atoms with van der Waals surface area (Å²) in [6.45, 7) is 8.88. The van der Waals surface area contributed by atoms with Gasteiger partial charge in [0.15, 0.2) is 0 Å². The summed E-state index contributed by atoms with van der Waals surface area (Å²) >= 11 is 0. The summed E-state index contributed by atoms with van der Waals surface area (Å²) in [5.41, 5.74) is 5.93. The molecule has 1 aliphatic rings. The Balaban J connectivity index is 2.32. The summed E-state index contributed by atoms with van der Waals surface area (Å²) < 4.78 is 0.771. The van der Waals surface area contributed by atoms with Crippen molar-refractivity contribution >= 4 is 21.6 Å². The van der Waals surface area contributed by atoms with Gasteiger partial charge in [0, 0.05) is 15.5 Å². The Morgan fingerprint density at radius 2 is 1.83 bits per heavy atom. The van der Waals surface area contributed by atoms with Crippen LogP contribution >= 0.6 is 21.6 Å². The maximum absolute atomic E-state index is 5.93. The second-order valence-electron chi connectivity index (χ2n) is 4.63. The van der Waals surface area contributed by atoms with Crippen LogP contribution in [0, 0.1) is 0 Å². The molecule has 72 valence electrons. The second kappa shape index (κ2) is 3.43. The molecule has 0 amide bonds. The van der Waals surface area contributed by atoms with E-state index in [1.807, 2.05) is 21.6 Å². The van der Waals surface area contributed by atoms with Gasteiger partial charge in [-0.05, 0) is 19.8 Å². The molecule has 0 saturated heterocycles.